The summed E-state index contributed by atoms with van der Waals surface area (Å²) in [5.74, 6) is 2.48. The maximum Gasteiger partial charge on any atom is 0.249 e. The first-order valence-corrected chi connectivity index (χ1v) is 7.14. The molecule has 5 nitrogen and oxygen atoms in total. The molecule has 1 saturated heterocycles. The Labute approximate surface area is 115 Å². The maximum atomic E-state index is 12.0. The highest BCUT2D eigenvalue weighted by Gasteiger charge is 2.31. The Morgan fingerprint density at radius 1 is 1.47 bits per heavy atom. The first kappa shape index (κ1) is 12.6. The molecule has 102 valence electrons. The van der Waals surface area contributed by atoms with Crippen LogP contribution in [0.1, 0.15) is 10.9 Å². The topological polar surface area (TPSA) is 48.0 Å². The lowest BCUT2D eigenvalue weighted by molar-refractivity contribution is -0.135. The third-order valence-corrected chi connectivity index (χ3v) is 4.42. The number of carbonyl (C=O) groups is 1. The number of benzene rings is 1. The predicted molar refractivity (Wildman–Crippen MR) is 71.4 cm³/mol. The highest BCUT2D eigenvalue weighted by molar-refractivity contribution is 7.99. The minimum absolute atomic E-state index is 0.0233. The van der Waals surface area contributed by atoms with Crippen LogP contribution in [0.2, 0.25) is 0 Å². The van der Waals surface area contributed by atoms with Gasteiger partial charge >= 0.3 is 0 Å². The molecule has 1 unspecified atom stereocenters. The summed E-state index contributed by atoms with van der Waals surface area (Å²) >= 11 is 1.76. The van der Waals surface area contributed by atoms with E-state index >= 15 is 0 Å². The Kier molecular flexibility index (Phi) is 3.52. The van der Waals surface area contributed by atoms with Crippen LogP contribution < -0.4 is 9.47 Å². The third-order valence-electron chi connectivity index (χ3n) is 3.16. The average molecular weight is 281 g/mol. The maximum absolute atomic E-state index is 12.0. The minimum Gasteiger partial charge on any atom is -0.454 e. The van der Waals surface area contributed by atoms with Crippen molar-refractivity contribution in [2.24, 2.45) is 0 Å². The normalized spacial score (nSPS) is 20.9. The van der Waals surface area contributed by atoms with Crippen LogP contribution in [-0.2, 0) is 9.53 Å². The van der Waals surface area contributed by atoms with Gasteiger partial charge in [0.25, 0.3) is 0 Å². The quantitative estimate of drug-likeness (QED) is 0.843. The zero-order valence-electron chi connectivity index (χ0n) is 10.6. The van der Waals surface area contributed by atoms with Gasteiger partial charge in [0.2, 0.25) is 12.7 Å². The van der Waals surface area contributed by atoms with Gasteiger partial charge in [-0.3, -0.25) is 4.79 Å². The fourth-order valence-corrected chi connectivity index (χ4v) is 3.54. The van der Waals surface area contributed by atoms with E-state index in [2.05, 4.69) is 0 Å². The van der Waals surface area contributed by atoms with Crippen molar-refractivity contribution in [3.63, 3.8) is 0 Å². The molecule has 0 saturated carbocycles. The van der Waals surface area contributed by atoms with Gasteiger partial charge in [0.1, 0.15) is 12.0 Å². The molecule has 2 aliphatic heterocycles. The van der Waals surface area contributed by atoms with Crippen molar-refractivity contribution in [3.8, 4) is 11.5 Å². The van der Waals surface area contributed by atoms with Gasteiger partial charge in [-0.25, -0.2) is 0 Å². The molecule has 0 aromatic heterocycles. The predicted octanol–water partition coefficient (Wildman–Crippen LogP) is 1.64. The lowest BCUT2D eigenvalue weighted by atomic mass is 10.2. The van der Waals surface area contributed by atoms with Crippen molar-refractivity contribution < 1.29 is 19.0 Å². The number of ether oxygens (including phenoxy) is 3. The lowest BCUT2D eigenvalue weighted by Crippen LogP contribution is -2.33. The van der Waals surface area contributed by atoms with Crippen LogP contribution in [0.5, 0.6) is 11.5 Å². The van der Waals surface area contributed by atoms with Crippen molar-refractivity contribution in [1.29, 1.82) is 0 Å². The Morgan fingerprint density at radius 2 is 2.32 bits per heavy atom. The van der Waals surface area contributed by atoms with Gasteiger partial charge in [-0.05, 0) is 17.7 Å². The molecule has 2 heterocycles. The van der Waals surface area contributed by atoms with Gasteiger partial charge in [0, 0.05) is 19.4 Å². The van der Waals surface area contributed by atoms with E-state index in [-0.39, 0.29) is 24.7 Å². The van der Waals surface area contributed by atoms with Gasteiger partial charge in [0.05, 0.1) is 0 Å². The summed E-state index contributed by atoms with van der Waals surface area (Å²) in [6, 6.07) is 5.84. The first-order valence-electron chi connectivity index (χ1n) is 6.09. The molecule has 1 aromatic carbocycles. The van der Waals surface area contributed by atoms with E-state index in [0.717, 1.165) is 29.4 Å². The highest BCUT2D eigenvalue weighted by atomic mass is 32.2. The molecule has 2 aliphatic rings. The fraction of sp³-hybridized carbons (Fsp3) is 0.462. The summed E-state index contributed by atoms with van der Waals surface area (Å²) in [7, 11) is 1.54. The molecule has 0 bridgehead atoms. The molecular formula is C13H15NO4S. The largest absolute Gasteiger partial charge is 0.454 e. The summed E-state index contributed by atoms with van der Waals surface area (Å²) in [5.41, 5.74) is 1.07. The zero-order chi connectivity index (χ0) is 13.2. The summed E-state index contributed by atoms with van der Waals surface area (Å²) < 4.78 is 15.6. The van der Waals surface area contributed by atoms with Crippen molar-refractivity contribution in [2.75, 3.05) is 32.8 Å². The Morgan fingerprint density at radius 3 is 3.16 bits per heavy atom. The molecule has 1 fully saturated rings. The van der Waals surface area contributed by atoms with Crippen LogP contribution in [0.3, 0.4) is 0 Å². The Bertz CT molecular complexity index is 494. The second-order valence-corrected chi connectivity index (χ2v) is 5.54. The van der Waals surface area contributed by atoms with Crippen molar-refractivity contribution in [2.45, 2.75) is 5.37 Å². The summed E-state index contributed by atoms with van der Waals surface area (Å²) in [4.78, 5) is 13.8. The molecule has 6 heteroatoms. The number of methoxy groups -OCH3 is 1. The van der Waals surface area contributed by atoms with Crippen LogP contribution >= 0.6 is 11.8 Å². The Hall–Kier alpha value is -1.40. The molecule has 0 aliphatic carbocycles. The molecular weight excluding hydrogens is 266 g/mol. The van der Waals surface area contributed by atoms with Crippen molar-refractivity contribution >= 4 is 17.7 Å². The second kappa shape index (κ2) is 5.30. The smallest absolute Gasteiger partial charge is 0.249 e. The number of carbonyl (C=O) groups excluding carboxylic acids is 1. The van der Waals surface area contributed by atoms with E-state index in [9.17, 15) is 4.79 Å². The number of fused-ring (bicyclic) bond motifs is 1. The number of hydrogen-bond donors (Lipinski definition) is 0. The van der Waals surface area contributed by atoms with E-state index < -0.39 is 0 Å². The average Bonchev–Trinajstić information content (AvgIpc) is 3.07. The molecule has 19 heavy (non-hydrogen) atoms. The zero-order valence-corrected chi connectivity index (χ0v) is 11.4. The van der Waals surface area contributed by atoms with Gasteiger partial charge in [-0.1, -0.05) is 6.07 Å². The SMILES string of the molecule is COCC(=O)N1CCSC1c1ccc2c(c1)OCO2. The molecule has 1 atom stereocenters. The van der Waals surface area contributed by atoms with Gasteiger partial charge in [-0.2, -0.15) is 0 Å². The monoisotopic (exact) mass is 281 g/mol. The lowest BCUT2D eigenvalue weighted by Gasteiger charge is -2.24. The highest BCUT2D eigenvalue weighted by Crippen LogP contribution is 2.42. The number of rotatable bonds is 3. The van der Waals surface area contributed by atoms with E-state index in [1.807, 2.05) is 23.1 Å². The van der Waals surface area contributed by atoms with Gasteiger partial charge in [-0.15, -0.1) is 11.8 Å². The number of nitrogens with zero attached hydrogens (tertiary/aromatic N) is 1. The van der Waals surface area contributed by atoms with Crippen molar-refractivity contribution in [1.82, 2.24) is 4.90 Å². The summed E-state index contributed by atoms with van der Waals surface area (Å²) in [6.45, 7) is 1.15. The molecule has 0 N–H and O–H groups in total. The fourth-order valence-electron chi connectivity index (χ4n) is 2.27. The molecule has 1 amide bonds. The van der Waals surface area contributed by atoms with E-state index in [1.165, 1.54) is 7.11 Å². The van der Waals surface area contributed by atoms with E-state index in [4.69, 9.17) is 14.2 Å². The summed E-state index contributed by atoms with van der Waals surface area (Å²) in [6.07, 6.45) is 0. The number of hydrogen-bond acceptors (Lipinski definition) is 5. The van der Waals surface area contributed by atoms with Crippen molar-refractivity contribution in [3.05, 3.63) is 23.8 Å². The Balaban J connectivity index is 1.82. The third kappa shape index (κ3) is 2.37. The van der Waals surface area contributed by atoms with Gasteiger partial charge in [0.15, 0.2) is 11.5 Å². The van der Waals surface area contributed by atoms with Gasteiger partial charge < -0.3 is 19.1 Å². The number of thioether (sulfide) groups is 1. The van der Waals surface area contributed by atoms with Crippen LogP contribution in [0, 0.1) is 0 Å². The second-order valence-electron chi connectivity index (χ2n) is 4.36. The van der Waals surface area contributed by atoms with E-state index in [1.54, 1.807) is 11.8 Å². The standard InChI is InChI=1S/C13H15NO4S/c1-16-7-12(15)14-4-5-19-13(14)9-2-3-10-11(6-9)18-8-17-10/h2-3,6,13H,4-5,7-8H2,1H3. The number of amides is 1. The first-order chi connectivity index (χ1) is 9.29. The molecule has 0 radical (unpaired) electrons. The molecule has 3 rings (SSSR count). The minimum atomic E-state index is 0.0233. The van der Waals surface area contributed by atoms with Crippen LogP contribution in [0.25, 0.3) is 0 Å². The molecule has 0 spiro atoms. The van der Waals surface area contributed by atoms with Crippen LogP contribution in [-0.4, -0.2) is 43.6 Å². The van der Waals surface area contributed by atoms with Crippen LogP contribution in [0.4, 0.5) is 0 Å². The molecule has 1 aromatic rings. The summed E-state index contributed by atoms with van der Waals surface area (Å²) in [5, 5.41) is 0.0390. The van der Waals surface area contributed by atoms with E-state index in [0.29, 0.717) is 0 Å². The van der Waals surface area contributed by atoms with Crippen LogP contribution in [0.15, 0.2) is 18.2 Å².